The van der Waals surface area contributed by atoms with Crippen LogP contribution in [-0.4, -0.2) is 48.9 Å². The van der Waals surface area contributed by atoms with E-state index >= 15 is 0 Å². The number of esters is 1. The molecule has 0 bridgehead atoms. The van der Waals surface area contributed by atoms with E-state index in [1.54, 1.807) is 26.8 Å². The number of benzene rings is 1. The quantitative estimate of drug-likeness (QED) is 0.408. The molecule has 4 rings (SSSR count). The normalized spacial score (nSPS) is 11.9. The molecule has 9 nitrogen and oxygen atoms in total. The Morgan fingerprint density at radius 1 is 1.06 bits per heavy atom. The molecule has 0 saturated heterocycles. The Balaban J connectivity index is 1.81. The maximum absolute atomic E-state index is 12.9. The molecule has 3 heterocycles. The van der Waals surface area contributed by atoms with Crippen molar-refractivity contribution in [2.75, 3.05) is 7.11 Å². The number of aromatic nitrogens is 5. The van der Waals surface area contributed by atoms with Crippen molar-refractivity contribution >= 4 is 34.1 Å². The molecule has 0 fully saturated rings. The third kappa shape index (κ3) is 4.25. The number of imidazole rings is 1. The number of ether oxygens (including phenoxy) is 2. The summed E-state index contributed by atoms with van der Waals surface area (Å²) in [7, 11) is 1.28. The molecule has 4 aromatic rings. The average Bonchev–Trinajstić information content (AvgIpc) is 3.30. The number of fused-ring (bicyclic) bond motifs is 2. The highest BCUT2D eigenvalue weighted by atomic mass is 16.6. The van der Waals surface area contributed by atoms with Crippen LogP contribution < -0.4 is 0 Å². The average molecular weight is 464 g/mol. The van der Waals surface area contributed by atoms with Gasteiger partial charge in [-0.05, 0) is 58.4 Å². The second kappa shape index (κ2) is 8.55. The van der Waals surface area contributed by atoms with Crippen LogP contribution in [0, 0.1) is 13.8 Å². The molecule has 1 aromatic carbocycles. The number of hydrogen-bond donors (Lipinski definition) is 0. The lowest BCUT2D eigenvalue weighted by Gasteiger charge is -2.20. The van der Waals surface area contributed by atoms with Crippen molar-refractivity contribution in [2.24, 2.45) is 0 Å². The van der Waals surface area contributed by atoms with E-state index in [4.69, 9.17) is 14.5 Å². The highest BCUT2D eigenvalue weighted by Crippen LogP contribution is 2.26. The summed E-state index contributed by atoms with van der Waals surface area (Å²) < 4.78 is 13.8. The molecule has 0 aliphatic heterocycles. The van der Waals surface area contributed by atoms with Gasteiger partial charge in [0.25, 0.3) is 0 Å². The Morgan fingerprint density at radius 2 is 1.79 bits per heavy atom. The van der Waals surface area contributed by atoms with Crippen LogP contribution in [0.4, 0.5) is 4.79 Å². The first kappa shape index (κ1) is 23.4. The number of methoxy groups -OCH3 is 1. The molecule has 0 unspecified atom stereocenters. The minimum absolute atomic E-state index is 0.116. The lowest BCUT2D eigenvalue weighted by atomic mass is 10.1. The van der Waals surface area contributed by atoms with Gasteiger partial charge in [-0.3, -0.25) is 0 Å². The lowest BCUT2D eigenvalue weighted by Crippen LogP contribution is -2.29. The van der Waals surface area contributed by atoms with Gasteiger partial charge in [-0.2, -0.15) is 0 Å². The number of carbonyl (C=O) groups is 2. The lowest BCUT2D eigenvalue weighted by molar-refractivity contribution is 0.0489. The van der Waals surface area contributed by atoms with E-state index in [9.17, 15) is 9.59 Å². The highest BCUT2D eigenvalue weighted by molar-refractivity contribution is 6.01. The summed E-state index contributed by atoms with van der Waals surface area (Å²) in [4.78, 5) is 39.2. The molecule has 0 N–H and O–H groups in total. The maximum atomic E-state index is 12.9. The van der Waals surface area contributed by atoms with E-state index < -0.39 is 17.7 Å². The molecular formula is C25H29N5O4. The first-order valence-electron chi connectivity index (χ1n) is 11.2. The summed E-state index contributed by atoms with van der Waals surface area (Å²) in [6, 6.07) is 7.35. The Labute approximate surface area is 197 Å². The zero-order chi connectivity index (χ0) is 24.8. The van der Waals surface area contributed by atoms with Gasteiger partial charge in [0.2, 0.25) is 0 Å². The van der Waals surface area contributed by atoms with Crippen LogP contribution in [0.2, 0.25) is 0 Å². The van der Waals surface area contributed by atoms with Gasteiger partial charge in [-0.15, -0.1) is 0 Å². The zero-order valence-corrected chi connectivity index (χ0v) is 20.6. The topological polar surface area (TPSA) is 101 Å². The standard InChI is InChI=1S/C25H29N5O4/c1-8-20-28-21-14(2)26-15(3)27-22(21)29(20)13-16-9-10-18-17(11-16)12-19(23(31)33-7)30(18)24(32)34-25(4,5)6/h9-12H,8,13H2,1-7H3. The monoisotopic (exact) mass is 463 g/mol. The second-order valence-electron chi connectivity index (χ2n) is 9.23. The first-order chi connectivity index (χ1) is 16.0. The van der Waals surface area contributed by atoms with Crippen molar-refractivity contribution in [1.29, 1.82) is 0 Å². The molecule has 0 amide bonds. The van der Waals surface area contributed by atoms with Crippen LogP contribution in [0.5, 0.6) is 0 Å². The SMILES string of the molecule is CCc1nc2c(C)nc(C)nc2n1Cc1ccc2c(c1)cc(C(=O)OC)n2C(=O)OC(C)(C)C. The molecule has 0 aliphatic carbocycles. The van der Waals surface area contributed by atoms with Gasteiger partial charge in [0.1, 0.15) is 28.5 Å². The van der Waals surface area contributed by atoms with Crippen LogP contribution in [0.3, 0.4) is 0 Å². The van der Waals surface area contributed by atoms with E-state index in [0.717, 1.165) is 40.1 Å². The van der Waals surface area contributed by atoms with E-state index in [-0.39, 0.29) is 5.69 Å². The van der Waals surface area contributed by atoms with Crippen LogP contribution in [-0.2, 0) is 22.4 Å². The van der Waals surface area contributed by atoms with Crippen molar-refractivity contribution < 1.29 is 19.1 Å². The zero-order valence-electron chi connectivity index (χ0n) is 20.6. The minimum Gasteiger partial charge on any atom is -0.464 e. The van der Waals surface area contributed by atoms with Gasteiger partial charge in [0.05, 0.1) is 24.9 Å². The summed E-state index contributed by atoms with van der Waals surface area (Å²) in [6.45, 7) is 11.7. The summed E-state index contributed by atoms with van der Waals surface area (Å²) in [6.07, 6.45) is 0.116. The Hall–Kier alpha value is -3.75. The molecule has 0 atom stereocenters. The summed E-state index contributed by atoms with van der Waals surface area (Å²) in [5.74, 6) is 1.00. The van der Waals surface area contributed by atoms with Crippen LogP contribution in [0.15, 0.2) is 24.3 Å². The molecule has 9 heteroatoms. The fraction of sp³-hybridized carbons (Fsp3) is 0.400. The van der Waals surface area contributed by atoms with Crippen molar-refractivity contribution in [1.82, 2.24) is 24.1 Å². The van der Waals surface area contributed by atoms with E-state index in [0.29, 0.717) is 17.9 Å². The van der Waals surface area contributed by atoms with Gasteiger partial charge < -0.3 is 14.0 Å². The first-order valence-corrected chi connectivity index (χ1v) is 11.2. The molecule has 34 heavy (non-hydrogen) atoms. The summed E-state index contributed by atoms with van der Waals surface area (Å²) >= 11 is 0. The van der Waals surface area contributed by atoms with Crippen molar-refractivity contribution in [2.45, 2.75) is 60.1 Å². The fourth-order valence-electron chi connectivity index (χ4n) is 4.06. The van der Waals surface area contributed by atoms with Gasteiger partial charge >= 0.3 is 12.1 Å². The maximum Gasteiger partial charge on any atom is 0.419 e. The number of carbonyl (C=O) groups excluding carboxylic acids is 2. The fourth-order valence-corrected chi connectivity index (χ4v) is 4.06. The van der Waals surface area contributed by atoms with Gasteiger partial charge in [-0.1, -0.05) is 13.0 Å². The van der Waals surface area contributed by atoms with Gasteiger partial charge in [0.15, 0.2) is 5.65 Å². The van der Waals surface area contributed by atoms with Crippen LogP contribution in [0.1, 0.15) is 61.1 Å². The van der Waals surface area contributed by atoms with Gasteiger partial charge in [0, 0.05) is 11.8 Å². The van der Waals surface area contributed by atoms with E-state index in [1.807, 2.05) is 32.0 Å². The predicted molar refractivity (Wildman–Crippen MR) is 128 cm³/mol. The predicted octanol–water partition coefficient (Wildman–Crippen LogP) is 4.58. The summed E-state index contributed by atoms with van der Waals surface area (Å²) in [5.41, 5.74) is 3.40. The largest absolute Gasteiger partial charge is 0.464 e. The van der Waals surface area contributed by atoms with Crippen LogP contribution in [0.25, 0.3) is 22.1 Å². The summed E-state index contributed by atoms with van der Waals surface area (Å²) in [5, 5.41) is 0.730. The molecular weight excluding hydrogens is 434 g/mol. The van der Waals surface area contributed by atoms with Crippen molar-refractivity contribution in [3.63, 3.8) is 0 Å². The number of rotatable bonds is 4. The Bertz CT molecular complexity index is 1430. The third-order valence-corrected chi connectivity index (χ3v) is 5.45. The number of aryl methyl sites for hydroxylation is 3. The second-order valence-corrected chi connectivity index (χ2v) is 9.23. The van der Waals surface area contributed by atoms with Crippen molar-refractivity contribution in [3.05, 3.63) is 52.9 Å². The molecule has 3 aromatic heterocycles. The number of hydrogen-bond acceptors (Lipinski definition) is 7. The Kier molecular flexibility index (Phi) is 5.89. The molecule has 0 saturated carbocycles. The smallest absolute Gasteiger partial charge is 0.419 e. The molecule has 0 aliphatic rings. The third-order valence-electron chi connectivity index (χ3n) is 5.45. The van der Waals surface area contributed by atoms with Gasteiger partial charge in [-0.25, -0.2) is 29.1 Å². The van der Waals surface area contributed by atoms with Crippen LogP contribution >= 0.6 is 0 Å². The number of nitrogens with zero attached hydrogens (tertiary/aromatic N) is 5. The van der Waals surface area contributed by atoms with Crippen molar-refractivity contribution in [3.8, 4) is 0 Å². The molecule has 0 spiro atoms. The minimum atomic E-state index is -0.710. The molecule has 0 radical (unpaired) electrons. The highest BCUT2D eigenvalue weighted by Gasteiger charge is 2.26. The molecule has 178 valence electrons. The van der Waals surface area contributed by atoms with E-state index in [2.05, 4.69) is 21.5 Å². The Morgan fingerprint density at radius 3 is 2.44 bits per heavy atom. The van der Waals surface area contributed by atoms with E-state index in [1.165, 1.54) is 11.7 Å².